The molecule has 0 fully saturated rings. The molecule has 0 aromatic heterocycles. The van der Waals surface area contributed by atoms with Gasteiger partial charge in [0.1, 0.15) is 11.6 Å². The number of aromatic hydroxyl groups is 1. The third-order valence-electron chi connectivity index (χ3n) is 1.59. The Bertz CT molecular complexity index is 388. The Hall–Kier alpha value is -2.04. The van der Waals surface area contributed by atoms with E-state index in [0.717, 1.165) is 5.56 Å². The molecule has 0 bridgehead atoms. The lowest BCUT2D eigenvalue weighted by Crippen LogP contribution is -2.16. The first-order valence-corrected chi connectivity index (χ1v) is 4.36. The van der Waals surface area contributed by atoms with Crippen LogP contribution >= 0.6 is 0 Å². The summed E-state index contributed by atoms with van der Waals surface area (Å²) in [6, 6.07) is 6.61. The Morgan fingerprint density at radius 1 is 1.60 bits per heavy atom. The van der Waals surface area contributed by atoms with Gasteiger partial charge in [0.15, 0.2) is 0 Å². The SMILES string of the molecule is CC(=O)O/N=C(\N)Cc1cccc(O)c1. The van der Waals surface area contributed by atoms with Crippen LogP contribution in [0.15, 0.2) is 29.4 Å². The van der Waals surface area contributed by atoms with Gasteiger partial charge in [-0.25, -0.2) is 4.79 Å². The zero-order chi connectivity index (χ0) is 11.3. The highest BCUT2D eigenvalue weighted by molar-refractivity contribution is 5.83. The Kier molecular flexibility index (Phi) is 3.68. The van der Waals surface area contributed by atoms with Crippen molar-refractivity contribution in [2.45, 2.75) is 13.3 Å². The quantitative estimate of drug-likeness (QED) is 0.332. The maximum absolute atomic E-state index is 10.4. The van der Waals surface area contributed by atoms with E-state index in [4.69, 9.17) is 5.73 Å². The third-order valence-corrected chi connectivity index (χ3v) is 1.59. The summed E-state index contributed by atoms with van der Waals surface area (Å²) in [7, 11) is 0. The summed E-state index contributed by atoms with van der Waals surface area (Å²) in [6.07, 6.45) is 0.321. The van der Waals surface area contributed by atoms with Crippen molar-refractivity contribution in [2.75, 3.05) is 0 Å². The van der Waals surface area contributed by atoms with Gasteiger partial charge in [-0.3, -0.25) is 0 Å². The molecule has 0 spiro atoms. The summed E-state index contributed by atoms with van der Waals surface area (Å²) in [5.41, 5.74) is 6.29. The second kappa shape index (κ2) is 4.99. The number of phenols is 1. The molecule has 5 heteroatoms. The zero-order valence-electron chi connectivity index (χ0n) is 8.30. The second-order valence-electron chi connectivity index (χ2n) is 3.01. The topological polar surface area (TPSA) is 84.9 Å². The summed E-state index contributed by atoms with van der Waals surface area (Å²) < 4.78 is 0. The lowest BCUT2D eigenvalue weighted by molar-refractivity contribution is -0.140. The van der Waals surface area contributed by atoms with Crippen LogP contribution in [0.1, 0.15) is 12.5 Å². The molecule has 0 aliphatic carbocycles. The van der Waals surface area contributed by atoms with E-state index in [1.807, 2.05) is 0 Å². The zero-order valence-corrected chi connectivity index (χ0v) is 8.30. The molecule has 0 unspecified atom stereocenters. The molecule has 1 aromatic rings. The standard InChI is InChI=1S/C10H12N2O3/c1-7(13)15-12-10(11)6-8-3-2-4-9(14)5-8/h2-5,14H,6H2,1H3,(H2,11,12). The van der Waals surface area contributed by atoms with Crippen molar-refractivity contribution in [2.24, 2.45) is 10.9 Å². The molecule has 80 valence electrons. The minimum atomic E-state index is -0.520. The van der Waals surface area contributed by atoms with Crippen LogP contribution in [0.3, 0.4) is 0 Å². The van der Waals surface area contributed by atoms with Gasteiger partial charge in [0.05, 0.1) is 0 Å². The Balaban J connectivity index is 2.61. The summed E-state index contributed by atoms with van der Waals surface area (Å²) in [5, 5.41) is 12.6. The van der Waals surface area contributed by atoms with Gasteiger partial charge in [0.25, 0.3) is 0 Å². The van der Waals surface area contributed by atoms with Crippen LogP contribution in [0.5, 0.6) is 5.75 Å². The molecular weight excluding hydrogens is 196 g/mol. The molecule has 0 heterocycles. The minimum absolute atomic E-state index is 0.160. The second-order valence-corrected chi connectivity index (χ2v) is 3.01. The molecule has 0 saturated heterocycles. The number of carbonyl (C=O) groups excluding carboxylic acids is 1. The van der Waals surface area contributed by atoms with E-state index >= 15 is 0 Å². The van der Waals surface area contributed by atoms with Gasteiger partial charge in [-0.05, 0) is 17.7 Å². The third kappa shape index (κ3) is 4.12. The van der Waals surface area contributed by atoms with Gasteiger partial charge >= 0.3 is 5.97 Å². The highest BCUT2D eigenvalue weighted by atomic mass is 16.7. The van der Waals surface area contributed by atoms with Crippen LogP contribution in [-0.4, -0.2) is 16.9 Å². The monoisotopic (exact) mass is 208 g/mol. The Morgan fingerprint density at radius 3 is 2.93 bits per heavy atom. The number of rotatable bonds is 3. The lowest BCUT2D eigenvalue weighted by Gasteiger charge is -2.00. The Labute approximate surface area is 87.1 Å². The number of hydrogen-bond donors (Lipinski definition) is 2. The van der Waals surface area contributed by atoms with E-state index in [1.54, 1.807) is 24.3 Å². The van der Waals surface area contributed by atoms with Crippen molar-refractivity contribution in [1.82, 2.24) is 0 Å². The van der Waals surface area contributed by atoms with Crippen LogP contribution in [0.4, 0.5) is 0 Å². The van der Waals surface area contributed by atoms with Gasteiger partial charge in [-0.15, -0.1) is 0 Å². The number of nitrogens with zero attached hydrogens (tertiary/aromatic N) is 1. The summed E-state index contributed by atoms with van der Waals surface area (Å²) in [5.74, 6) is -0.183. The fourth-order valence-electron chi connectivity index (χ4n) is 1.03. The maximum Gasteiger partial charge on any atom is 0.332 e. The van der Waals surface area contributed by atoms with Gasteiger partial charge < -0.3 is 15.7 Å². The number of benzene rings is 1. The number of amidine groups is 1. The number of hydrogen-bond acceptors (Lipinski definition) is 4. The Morgan fingerprint density at radius 2 is 2.33 bits per heavy atom. The van der Waals surface area contributed by atoms with Crippen LogP contribution < -0.4 is 5.73 Å². The number of nitrogens with two attached hydrogens (primary N) is 1. The highest BCUT2D eigenvalue weighted by Gasteiger charge is 1.99. The molecule has 0 atom stereocenters. The fourth-order valence-corrected chi connectivity index (χ4v) is 1.03. The lowest BCUT2D eigenvalue weighted by atomic mass is 10.1. The van der Waals surface area contributed by atoms with E-state index in [1.165, 1.54) is 6.92 Å². The molecule has 0 aliphatic heterocycles. The van der Waals surface area contributed by atoms with Crippen molar-refractivity contribution in [3.05, 3.63) is 29.8 Å². The average Bonchev–Trinajstić information content (AvgIpc) is 2.15. The summed E-state index contributed by atoms with van der Waals surface area (Å²) in [4.78, 5) is 14.8. The molecule has 3 N–H and O–H groups in total. The van der Waals surface area contributed by atoms with E-state index < -0.39 is 5.97 Å². The number of phenolic OH excluding ortho intramolecular Hbond substituents is 1. The van der Waals surface area contributed by atoms with Crippen molar-refractivity contribution in [1.29, 1.82) is 0 Å². The average molecular weight is 208 g/mol. The largest absolute Gasteiger partial charge is 0.508 e. The van der Waals surface area contributed by atoms with Gasteiger partial charge in [-0.2, -0.15) is 0 Å². The predicted molar refractivity (Wildman–Crippen MR) is 55.2 cm³/mol. The van der Waals surface area contributed by atoms with Crippen LogP contribution in [0.25, 0.3) is 0 Å². The van der Waals surface area contributed by atoms with E-state index in [-0.39, 0.29) is 11.6 Å². The first-order valence-electron chi connectivity index (χ1n) is 4.36. The van der Waals surface area contributed by atoms with Crippen LogP contribution in [-0.2, 0) is 16.1 Å². The van der Waals surface area contributed by atoms with Crippen molar-refractivity contribution in [3.63, 3.8) is 0 Å². The smallest absolute Gasteiger partial charge is 0.332 e. The van der Waals surface area contributed by atoms with Gasteiger partial charge in [0.2, 0.25) is 0 Å². The maximum atomic E-state index is 10.4. The molecule has 1 rings (SSSR count). The first kappa shape index (κ1) is 11.0. The van der Waals surface area contributed by atoms with E-state index in [0.29, 0.717) is 6.42 Å². The van der Waals surface area contributed by atoms with Gasteiger partial charge in [-0.1, -0.05) is 17.3 Å². The molecule has 0 amide bonds. The van der Waals surface area contributed by atoms with Crippen LogP contribution in [0.2, 0.25) is 0 Å². The molecule has 0 aliphatic rings. The predicted octanol–water partition coefficient (Wildman–Crippen LogP) is 0.770. The normalized spacial score (nSPS) is 11.1. The van der Waals surface area contributed by atoms with Crippen molar-refractivity contribution >= 4 is 11.8 Å². The minimum Gasteiger partial charge on any atom is -0.508 e. The summed E-state index contributed by atoms with van der Waals surface area (Å²) in [6.45, 7) is 1.24. The van der Waals surface area contributed by atoms with E-state index in [9.17, 15) is 9.90 Å². The highest BCUT2D eigenvalue weighted by Crippen LogP contribution is 2.11. The van der Waals surface area contributed by atoms with Gasteiger partial charge in [0, 0.05) is 13.3 Å². The molecular formula is C10H12N2O3. The molecule has 1 aromatic carbocycles. The molecule has 15 heavy (non-hydrogen) atoms. The molecule has 5 nitrogen and oxygen atoms in total. The molecule has 0 radical (unpaired) electrons. The first-order chi connectivity index (χ1) is 7.08. The van der Waals surface area contributed by atoms with Crippen molar-refractivity contribution in [3.8, 4) is 5.75 Å². The summed E-state index contributed by atoms with van der Waals surface area (Å²) >= 11 is 0. The van der Waals surface area contributed by atoms with Crippen LogP contribution in [0, 0.1) is 0 Å². The van der Waals surface area contributed by atoms with E-state index in [2.05, 4.69) is 9.99 Å². The van der Waals surface area contributed by atoms with Crippen molar-refractivity contribution < 1.29 is 14.7 Å². The number of oxime groups is 1. The fraction of sp³-hybridized carbons (Fsp3) is 0.200. The molecule has 0 saturated carbocycles. The number of carbonyl (C=O) groups is 1.